The van der Waals surface area contributed by atoms with Crippen LogP contribution in [0.1, 0.15) is 21.0 Å². The fraction of sp³-hybridized carbons (Fsp3) is 0. The second kappa shape index (κ2) is 7.21. The number of carbonyl (C=O) groups excluding carboxylic acids is 1. The summed E-state index contributed by atoms with van der Waals surface area (Å²) in [5.74, 6) is -1.68. The summed E-state index contributed by atoms with van der Waals surface area (Å²) in [4.78, 5) is 30.8. The Labute approximate surface area is 156 Å². The predicted octanol–water partition coefficient (Wildman–Crippen LogP) is 4.61. The van der Waals surface area contributed by atoms with Crippen molar-refractivity contribution in [3.8, 4) is 11.3 Å². The highest BCUT2D eigenvalue weighted by Crippen LogP contribution is 2.25. The van der Waals surface area contributed by atoms with E-state index in [1.165, 1.54) is 18.3 Å². The number of amides is 1. The van der Waals surface area contributed by atoms with Gasteiger partial charge in [0.15, 0.2) is 11.4 Å². The monoisotopic (exact) mass is 411 g/mol. The third-order valence-corrected chi connectivity index (χ3v) is 3.93. The summed E-state index contributed by atoms with van der Waals surface area (Å²) in [5, 5.41) is 11.7. The molecule has 0 atom stereocenters. The quantitative estimate of drug-likeness (QED) is 0.611. The number of aromatic nitrogens is 1. The number of oxazole rings is 1. The van der Waals surface area contributed by atoms with Crippen LogP contribution in [-0.4, -0.2) is 22.0 Å². The minimum atomic E-state index is -1.17. The highest BCUT2D eigenvalue weighted by molar-refractivity contribution is 9.10. The van der Waals surface area contributed by atoms with E-state index in [9.17, 15) is 14.7 Å². The van der Waals surface area contributed by atoms with Crippen LogP contribution in [0.15, 0.2) is 57.6 Å². The fourth-order valence-electron chi connectivity index (χ4n) is 2.19. The molecule has 0 saturated heterocycles. The SMILES string of the molecule is [C-]#[N+]c1ccc(-c2cnc(C(=O)Nc3ccc(Br)cc3C(=O)O)o2)cc1. The number of hydrogen-bond acceptors (Lipinski definition) is 4. The standard InChI is InChI=1S/C18H10BrN3O4/c1-20-12-5-2-10(3-6-12)15-9-21-17(26-15)16(23)22-14-7-4-11(19)8-13(14)18(24)25/h2-9H,(H,22,23)(H,24,25). The Bertz CT molecular complexity index is 1040. The van der Waals surface area contributed by atoms with Crippen molar-refractivity contribution in [3.05, 3.63) is 76.0 Å². The Balaban J connectivity index is 1.83. The number of halogens is 1. The van der Waals surface area contributed by atoms with E-state index in [0.717, 1.165) is 0 Å². The maximum Gasteiger partial charge on any atom is 0.337 e. The van der Waals surface area contributed by atoms with Gasteiger partial charge in [-0.3, -0.25) is 4.79 Å². The average Bonchev–Trinajstić information content (AvgIpc) is 3.13. The minimum Gasteiger partial charge on any atom is -0.478 e. The van der Waals surface area contributed by atoms with Crippen LogP contribution in [0.3, 0.4) is 0 Å². The van der Waals surface area contributed by atoms with E-state index in [1.54, 1.807) is 30.3 Å². The number of carbonyl (C=O) groups is 2. The summed E-state index contributed by atoms with van der Waals surface area (Å²) in [6.07, 6.45) is 1.39. The van der Waals surface area contributed by atoms with Gasteiger partial charge in [-0.2, -0.15) is 0 Å². The van der Waals surface area contributed by atoms with Crippen molar-refractivity contribution >= 4 is 39.2 Å². The van der Waals surface area contributed by atoms with E-state index in [0.29, 0.717) is 21.5 Å². The number of aromatic carboxylic acids is 1. The summed E-state index contributed by atoms with van der Waals surface area (Å²) in [7, 11) is 0. The number of carboxylic acids is 1. The number of anilines is 1. The van der Waals surface area contributed by atoms with Gasteiger partial charge in [0.25, 0.3) is 5.89 Å². The number of rotatable bonds is 4. The van der Waals surface area contributed by atoms with Crippen LogP contribution in [0.2, 0.25) is 0 Å². The van der Waals surface area contributed by atoms with E-state index in [-0.39, 0.29) is 17.1 Å². The first-order chi connectivity index (χ1) is 12.5. The van der Waals surface area contributed by atoms with Crippen molar-refractivity contribution in [3.63, 3.8) is 0 Å². The molecule has 2 N–H and O–H groups in total. The zero-order chi connectivity index (χ0) is 18.7. The van der Waals surface area contributed by atoms with Gasteiger partial charge < -0.3 is 14.8 Å². The summed E-state index contributed by atoms with van der Waals surface area (Å²) >= 11 is 3.19. The van der Waals surface area contributed by atoms with E-state index >= 15 is 0 Å². The Morgan fingerprint density at radius 1 is 1.19 bits per heavy atom. The molecule has 0 aliphatic carbocycles. The van der Waals surface area contributed by atoms with Crippen LogP contribution in [-0.2, 0) is 0 Å². The smallest absolute Gasteiger partial charge is 0.337 e. The van der Waals surface area contributed by atoms with E-state index in [1.807, 2.05) is 0 Å². The van der Waals surface area contributed by atoms with Gasteiger partial charge in [-0.15, -0.1) is 0 Å². The Kier molecular flexibility index (Phi) is 4.82. The lowest BCUT2D eigenvalue weighted by atomic mass is 10.2. The van der Waals surface area contributed by atoms with E-state index < -0.39 is 11.9 Å². The summed E-state index contributed by atoms with van der Waals surface area (Å²) in [6.45, 7) is 6.94. The second-order valence-corrected chi connectivity index (χ2v) is 6.05. The average molecular weight is 412 g/mol. The molecule has 26 heavy (non-hydrogen) atoms. The lowest BCUT2D eigenvalue weighted by molar-refractivity contribution is 0.0698. The molecule has 0 unspecified atom stereocenters. The molecule has 128 valence electrons. The van der Waals surface area contributed by atoms with Crippen molar-refractivity contribution < 1.29 is 19.1 Å². The third-order valence-electron chi connectivity index (χ3n) is 3.44. The Hall–Kier alpha value is -3.44. The van der Waals surface area contributed by atoms with Crippen LogP contribution in [0, 0.1) is 6.57 Å². The van der Waals surface area contributed by atoms with E-state index in [2.05, 4.69) is 31.1 Å². The van der Waals surface area contributed by atoms with Gasteiger partial charge in [0.05, 0.1) is 24.0 Å². The van der Waals surface area contributed by atoms with Gasteiger partial charge in [0.1, 0.15) is 0 Å². The molecule has 0 bridgehead atoms. The highest BCUT2D eigenvalue weighted by atomic mass is 79.9. The van der Waals surface area contributed by atoms with Gasteiger partial charge in [-0.1, -0.05) is 40.2 Å². The van der Waals surface area contributed by atoms with Crippen LogP contribution in [0.5, 0.6) is 0 Å². The molecule has 8 heteroatoms. The molecule has 3 rings (SSSR count). The lowest BCUT2D eigenvalue weighted by Gasteiger charge is -2.07. The molecular formula is C18H10BrN3O4. The Morgan fingerprint density at radius 2 is 1.92 bits per heavy atom. The topological polar surface area (TPSA) is 96.8 Å². The Morgan fingerprint density at radius 3 is 2.58 bits per heavy atom. The van der Waals surface area contributed by atoms with Crippen molar-refractivity contribution in [2.24, 2.45) is 0 Å². The number of hydrogen-bond donors (Lipinski definition) is 2. The van der Waals surface area contributed by atoms with Gasteiger partial charge in [-0.05, 0) is 18.2 Å². The second-order valence-electron chi connectivity index (χ2n) is 5.14. The van der Waals surface area contributed by atoms with Crippen molar-refractivity contribution in [2.75, 3.05) is 5.32 Å². The first kappa shape index (κ1) is 17.4. The molecule has 0 saturated carbocycles. The molecule has 2 aromatic carbocycles. The molecule has 0 aliphatic heterocycles. The first-order valence-corrected chi connectivity index (χ1v) is 8.05. The van der Waals surface area contributed by atoms with Gasteiger partial charge in [0, 0.05) is 10.0 Å². The van der Waals surface area contributed by atoms with Crippen molar-refractivity contribution in [1.29, 1.82) is 0 Å². The molecule has 1 aromatic heterocycles. The van der Waals surface area contributed by atoms with Crippen LogP contribution in [0.4, 0.5) is 11.4 Å². The molecule has 0 fully saturated rings. The number of carboxylic acid groups (broad SMARTS) is 1. The number of benzene rings is 2. The molecule has 0 radical (unpaired) electrons. The zero-order valence-corrected chi connectivity index (χ0v) is 14.6. The zero-order valence-electron chi connectivity index (χ0n) is 13.1. The van der Waals surface area contributed by atoms with Crippen LogP contribution in [0.25, 0.3) is 16.2 Å². The molecule has 1 amide bonds. The molecule has 0 aliphatic rings. The third kappa shape index (κ3) is 3.63. The number of nitrogens with one attached hydrogen (secondary N) is 1. The highest BCUT2D eigenvalue weighted by Gasteiger charge is 2.18. The maximum atomic E-state index is 12.3. The molecule has 1 heterocycles. The molecule has 3 aromatic rings. The normalized spacial score (nSPS) is 10.2. The maximum absolute atomic E-state index is 12.3. The summed E-state index contributed by atoms with van der Waals surface area (Å²) < 4.78 is 6.02. The van der Waals surface area contributed by atoms with Crippen molar-refractivity contribution in [2.45, 2.75) is 0 Å². The number of nitrogens with zero attached hydrogens (tertiary/aromatic N) is 2. The van der Waals surface area contributed by atoms with Gasteiger partial charge >= 0.3 is 11.9 Å². The molecule has 0 spiro atoms. The minimum absolute atomic E-state index is 0.0609. The van der Waals surface area contributed by atoms with Crippen LogP contribution >= 0.6 is 15.9 Å². The van der Waals surface area contributed by atoms with Crippen LogP contribution < -0.4 is 5.32 Å². The largest absolute Gasteiger partial charge is 0.478 e. The van der Waals surface area contributed by atoms with E-state index in [4.69, 9.17) is 11.0 Å². The van der Waals surface area contributed by atoms with Crippen molar-refractivity contribution in [1.82, 2.24) is 4.98 Å². The van der Waals surface area contributed by atoms with Gasteiger partial charge in [-0.25, -0.2) is 14.6 Å². The fourth-order valence-corrected chi connectivity index (χ4v) is 2.55. The summed E-state index contributed by atoms with van der Waals surface area (Å²) in [5.41, 5.74) is 1.22. The first-order valence-electron chi connectivity index (χ1n) is 7.26. The lowest BCUT2D eigenvalue weighted by Crippen LogP contribution is -2.15. The van der Waals surface area contributed by atoms with Gasteiger partial charge in [0.2, 0.25) is 0 Å². The molecule has 7 nitrogen and oxygen atoms in total. The summed E-state index contributed by atoms with van der Waals surface area (Å²) in [6, 6.07) is 11.1. The predicted molar refractivity (Wildman–Crippen MR) is 97.3 cm³/mol. The molecular weight excluding hydrogens is 402 g/mol.